The molecule has 38 heavy (non-hydrogen) atoms. The van der Waals surface area contributed by atoms with Crippen LogP contribution in [0.5, 0.6) is 23.0 Å². The Morgan fingerprint density at radius 2 is 1.11 bits per heavy atom. The Morgan fingerprint density at radius 1 is 0.632 bits per heavy atom. The Bertz CT molecular complexity index is 1630. The summed E-state index contributed by atoms with van der Waals surface area (Å²) in [5.74, 6) is 3.02. The first-order valence-electron chi connectivity index (χ1n) is 11.7. The molecule has 9 heteroatoms. The van der Waals surface area contributed by atoms with Crippen molar-refractivity contribution in [1.29, 1.82) is 0 Å². The van der Waals surface area contributed by atoms with E-state index in [1.54, 1.807) is 12.1 Å². The number of nitrogens with zero attached hydrogens (tertiary/aromatic N) is 4. The van der Waals surface area contributed by atoms with E-state index in [4.69, 9.17) is 32.7 Å². The highest BCUT2D eigenvalue weighted by atomic mass is 127. The van der Waals surface area contributed by atoms with Crippen molar-refractivity contribution in [1.82, 2.24) is 19.6 Å². The first-order valence-corrected chi connectivity index (χ1v) is 13.5. The fourth-order valence-corrected chi connectivity index (χ4v) is 5.20. The Kier molecular flexibility index (Phi) is 7.78. The van der Waals surface area contributed by atoms with Gasteiger partial charge >= 0.3 is 0 Å². The number of aryl methyl sites for hydroxylation is 3. The minimum Gasteiger partial charge on any atom is -0.457 e. The van der Waals surface area contributed by atoms with Gasteiger partial charge in [0.1, 0.15) is 26.7 Å². The van der Waals surface area contributed by atoms with Crippen molar-refractivity contribution in [3.05, 3.63) is 104 Å². The molecule has 2 heterocycles. The molecule has 0 aliphatic rings. The predicted octanol–water partition coefficient (Wildman–Crippen LogP) is 8.95. The topological polar surface area (TPSA) is 54.1 Å². The molecular weight excluding hydrogens is 634 g/mol. The quantitative estimate of drug-likeness (QED) is 0.178. The van der Waals surface area contributed by atoms with Crippen molar-refractivity contribution in [3.63, 3.8) is 0 Å². The van der Waals surface area contributed by atoms with Crippen molar-refractivity contribution < 1.29 is 9.47 Å². The third-order valence-electron chi connectivity index (χ3n) is 5.85. The van der Waals surface area contributed by atoms with Crippen molar-refractivity contribution in [2.24, 2.45) is 14.1 Å². The van der Waals surface area contributed by atoms with Crippen LogP contribution in [-0.2, 0) is 14.1 Å². The van der Waals surface area contributed by atoms with Gasteiger partial charge in [0, 0.05) is 34.9 Å². The minimum absolute atomic E-state index is 0.662. The Hall–Kier alpha value is -3.27. The van der Waals surface area contributed by atoms with Gasteiger partial charge in [-0.15, -0.1) is 0 Å². The zero-order chi connectivity index (χ0) is 26.8. The summed E-state index contributed by atoms with van der Waals surface area (Å²) in [5, 5.41) is 12.3. The van der Waals surface area contributed by atoms with E-state index in [0.717, 1.165) is 54.2 Å². The molecule has 0 aliphatic heterocycles. The van der Waals surface area contributed by atoms with Gasteiger partial charge in [-0.1, -0.05) is 35.3 Å². The van der Waals surface area contributed by atoms with Crippen LogP contribution in [0.4, 0.5) is 0 Å². The van der Waals surface area contributed by atoms with E-state index in [9.17, 15) is 0 Å². The average Bonchev–Trinajstić information content (AvgIpc) is 3.33. The van der Waals surface area contributed by atoms with Gasteiger partial charge in [-0.3, -0.25) is 9.36 Å². The second-order valence-electron chi connectivity index (χ2n) is 8.60. The zero-order valence-electron chi connectivity index (χ0n) is 20.8. The molecule has 6 aromatic rings. The van der Waals surface area contributed by atoms with Crippen LogP contribution < -0.4 is 9.47 Å². The Morgan fingerprint density at radius 3 is 1.66 bits per heavy atom. The van der Waals surface area contributed by atoms with Crippen LogP contribution in [0.1, 0.15) is 5.69 Å². The highest BCUT2D eigenvalue weighted by molar-refractivity contribution is 14.1. The van der Waals surface area contributed by atoms with Crippen LogP contribution >= 0.6 is 45.8 Å². The van der Waals surface area contributed by atoms with Crippen LogP contribution in [0.15, 0.2) is 84.9 Å². The normalized spacial score (nSPS) is 10.9. The Labute approximate surface area is 243 Å². The van der Waals surface area contributed by atoms with E-state index in [-0.39, 0.29) is 0 Å². The highest BCUT2D eigenvalue weighted by Gasteiger charge is 2.08. The molecule has 0 atom stereocenters. The maximum Gasteiger partial charge on any atom is 0.131 e. The number of rotatable bonds is 4. The third-order valence-corrected chi connectivity index (χ3v) is 7.11. The predicted molar refractivity (Wildman–Crippen MR) is 162 cm³/mol. The molecular formula is C29H23Cl2IN4O2. The van der Waals surface area contributed by atoms with Crippen molar-refractivity contribution in [2.45, 2.75) is 6.92 Å². The van der Waals surface area contributed by atoms with Gasteiger partial charge in [0.2, 0.25) is 0 Å². The number of ether oxygens (including phenoxy) is 2. The summed E-state index contributed by atoms with van der Waals surface area (Å²) >= 11 is 14.1. The zero-order valence-corrected chi connectivity index (χ0v) is 24.5. The lowest BCUT2D eigenvalue weighted by Crippen LogP contribution is -1.89. The fraction of sp³-hybridized carbons (Fsp3) is 0.103. The lowest BCUT2D eigenvalue weighted by Gasteiger charge is -2.06. The van der Waals surface area contributed by atoms with Crippen LogP contribution in [0.2, 0.25) is 10.0 Å². The molecule has 0 fully saturated rings. The minimum atomic E-state index is 0.662. The monoisotopic (exact) mass is 656 g/mol. The Balaban J connectivity index is 0.000000155. The molecule has 0 spiro atoms. The molecule has 6 rings (SSSR count). The van der Waals surface area contributed by atoms with E-state index in [2.05, 4.69) is 32.8 Å². The molecule has 0 N–H and O–H groups in total. The van der Waals surface area contributed by atoms with Gasteiger partial charge < -0.3 is 9.47 Å². The van der Waals surface area contributed by atoms with Crippen LogP contribution in [-0.4, -0.2) is 19.6 Å². The second-order valence-corrected chi connectivity index (χ2v) is 10.5. The van der Waals surface area contributed by atoms with Gasteiger partial charge in [0.15, 0.2) is 0 Å². The fourth-order valence-electron chi connectivity index (χ4n) is 4.08. The molecule has 6 nitrogen and oxygen atoms in total. The molecule has 0 bridgehead atoms. The smallest absolute Gasteiger partial charge is 0.131 e. The summed E-state index contributed by atoms with van der Waals surface area (Å²) in [6.45, 7) is 1.99. The van der Waals surface area contributed by atoms with Crippen molar-refractivity contribution in [3.8, 4) is 23.0 Å². The largest absolute Gasteiger partial charge is 0.457 e. The van der Waals surface area contributed by atoms with Gasteiger partial charge in [-0.2, -0.15) is 10.2 Å². The molecule has 0 amide bonds. The third kappa shape index (κ3) is 5.90. The summed E-state index contributed by atoms with van der Waals surface area (Å²) < 4.78 is 16.3. The molecule has 0 aliphatic carbocycles. The summed E-state index contributed by atoms with van der Waals surface area (Å²) in [4.78, 5) is 0. The number of halogens is 3. The van der Waals surface area contributed by atoms with Gasteiger partial charge in [-0.25, -0.2) is 0 Å². The SMILES string of the molecule is Cc1nn(C)c2ccc(Oc3cccc(Cl)c3)cc12.Cn1nc(I)c2cc(Oc3cccc(Cl)c3)ccc21. The van der Waals surface area contributed by atoms with Crippen LogP contribution in [0.25, 0.3) is 21.8 Å². The van der Waals surface area contributed by atoms with Gasteiger partial charge in [0.25, 0.3) is 0 Å². The first kappa shape index (κ1) is 26.3. The van der Waals surface area contributed by atoms with Crippen LogP contribution in [0.3, 0.4) is 0 Å². The molecule has 0 saturated carbocycles. The number of benzene rings is 4. The summed E-state index contributed by atoms with van der Waals surface area (Å²) in [5.41, 5.74) is 3.17. The maximum atomic E-state index is 5.94. The van der Waals surface area contributed by atoms with E-state index in [1.165, 1.54) is 0 Å². The molecule has 0 radical (unpaired) electrons. The van der Waals surface area contributed by atoms with E-state index < -0.39 is 0 Å². The van der Waals surface area contributed by atoms with Gasteiger partial charge in [0.05, 0.1) is 16.7 Å². The van der Waals surface area contributed by atoms with Crippen molar-refractivity contribution in [2.75, 3.05) is 0 Å². The molecule has 0 unspecified atom stereocenters. The molecule has 0 saturated heterocycles. The summed E-state index contributed by atoms with van der Waals surface area (Å²) in [7, 11) is 3.87. The maximum absolute atomic E-state index is 5.94. The van der Waals surface area contributed by atoms with E-state index in [0.29, 0.717) is 10.0 Å². The second kappa shape index (κ2) is 11.2. The number of fused-ring (bicyclic) bond motifs is 2. The van der Waals surface area contributed by atoms with Crippen LogP contribution in [0, 0.1) is 10.6 Å². The summed E-state index contributed by atoms with van der Waals surface area (Å²) in [6.07, 6.45) is 0. The number of hydrogen-bond acceptors (Lipinski definition) is 4. The van der Waals surface area contributed by atoms with Gasteiger partial charge in [-0.05, 0) is 102 Å². The molecule has 2 aromatic heterocycles. The highest BCUT2D eigenvalue weighted by Crippen LogP contribution is 2.30. The molecule has 4 aromatic carbocycles. The standard InChI is InChI=1S/C15H13ClN2O.C14H10ClIN2O/c1-10-14-9-13(6-7-15(14)18(2)17-10)19-12-5-3-4-11(16)8-12;1-18-13-6-5-11(8-12(13)14(16)17-18)19-10-4-2-3-9(15)7-10/h3-9H,1-2H3;2-8H,1H3. The van der Waals surface area contributed by atoms with Crippen molar-refractivity contribution >= 4 is 67.6 Å². The first-order chi connectivity index (χ1) is 18.3. The number of aromatic nitrogens is 4. The summed E-state index contributed by atoms with van der Waals surface area (Å²) in [6, 6.07) is 26.6. The lowest BCUT2D eigenvalue weighted by atomic mass is 10.2. The van der Waals surface area contributed by atoms with E-state index >= 15 is 0 Å². The lowest BCUT2D eigenvalue weighted by molar-refractivity contribution is 0.483. The average molecular weight is 657 g/mol. The molecule has 192 valence electrons. The van der Waals surface area contributed by atoms with E-state index in [1.807, 2.05) is 103 Å². The number of hydrogen-bond donors (Lipinski definition) is 0.